The van der Waals surface area contributed by atoms with Crippen LogP contribution in [0.25, 0.3) is 0 Å². The van der Waals surface area contributed by atoms with Gasteiger partial charge in [-0.2, -0.15) is 0 Å². The fourth-order valence-electron chi connectivity index (χ4n) is 2.95. The quantitative estimate of drug-likeness (QED) is 0.850. The van der Waals surface area contributed by atoms with E-state index in [0.717, 1.165) is 24.1 Å². The average molecular weight is 359 g/mol. The topological polar surface area (TPSA) is 66.5 Å². The minimum Gasteiger partial charge on any atom is -0.348 e. The zero-order chi connectivity index (χ0) is 17.0. The molecule has 1 saturated heterocycles. The Hall–Kier alpha value is -0.920. The number of rotatable bonds is 6. The first-order chi connectivity index (χ1) is 10.8. The second kappa shape index (κ2) is 7.77. The van der Waals surface area contributed by atoms with Crippen LogP contribution in [0.15, 0.2) is 17.5 Å². The van der Waals surface area contributed by atoms with Crippen LogP contribution in [-0.2, 0) is 14.8 Å². The normalized spacial score (nSPS) is 21.3. The largest absolute Gasteiger partial charge is 0.348 e. The predicted molar refractivity (Wildman–Crippen MR) is 93.8 cm³/mol. The van der Waals surface area contributed by atoms with Gasteiger partial charge in [0.2, 0.25) is 15.9 Å². The molecule has 2 heterocycles. The van der Waals surface area contributed by atoms with Crippen LogP contribution in [0, 0.1) is 11.8 Å². The molecule has 1 fully saturated rings. The number of carbonyl (C=O) groups is 1. The molecule has 1 N–H and O–H groups in total. The monoisotopic (exact) mass is 358 g/mol. The summed E-state index contributed by atoms with van der Waals surface area (Å²) in [5, 5.41) is 5.16. The maximum Gasteiger partial charge on any atom is 0.224 e. The molecule has 0 unspecified atom stereocenters. The van der Waals surface area contributed by atoms with Crippen molar-refractivity contribution >= 4 is 27.3 Å². The minimum atomic E-state index is -3.23. The lowest BCUT2D eigenvalue weighted by Crippen LogP contribution is -2.45. The van der Waals surface area contributed by atoms with E-state index in [-0.39, 0.29) is 17.9 Å². The summed E-state index contributed by atoms with van der Waals surface area (Å²) in [5.74, 6) is 0.187. The lowest BCUT2D eigenvalue weighted by atomic mass is 9.97. The first-order valence-corrected chi connectivity index (χ1v) is 10.8. The molecule has 1 aromatic heterocycles. The summed E-state index contributed by atoms with van der Waals surface area (Å²) in [6.45, 7) is 5.09. The van der Waals surface area contributed by atoms with Gasteiger partial charge in [0.25, 0.3) is 0 Å². The molecule has 5 nitrogen and oxygen atoms in total. The van der Waals surface area contributed by atoms with Gasteiger partial charge in [0.15, 0.2) is 0 Å². The van der Waals surface area contributed by atoms with Crippen LogP contribution in [-0.4, -0.2) is 38.0 Å². The van der Waals surface area contributed by atoms with Gasteiger partial charge in [0.05, 0.1) is 18.2 Å². The molecule has 1 aliphatic rings. The number of piperidine rings is 1. The van der Waals surface area contributed by atoms with Crippen molar-refractivity contribution in [3.05, 3.63) is 22.4 Å². The van der Waals surface area contributed by atoms with Crippen molar-refractivity contribution in [1.82, 2.24) is 9.62 Å². The van der Waals surface area contributed by atoms with Gasteiger partial charge >= 0.3 is 0 Å². The zero-order valence-electron chi connectivity index (χ0n) is 14.0. The Morgan fingerprint density at radius 3 is 2.78 bits per heavy atom. The fourth-order valence-corrected chi connectivity index (χ4v) is 4.66. The van der Waals surface area contributed by atoms with Gasteiger partial charge in [-0.15, -0.1) is 11.3 Å². The Morgan fingerprint density at radius 1 is 1.48 bits per heavy atom. The van der Waals surface area contributed by atoms with Crippen molar-refractivity contribution in [2.45, 2.75) is 39.2 Å². The molecule has 2 atom stereocenters. The molecular weight excluding hydrogens is 332 g/mol. The second-order valence-corrected chi connectivity index (χ2v) is 9.63. The van der Waals surface area contributed by atoms with Crippen molar-refractivity contribution in [1.29, 1.82) is 0 Å². The molecule has 130 valence electrons. The van der Waals surface area contributed by atoms with Crippen LogP contribution in [0.2, 0.25) is 0 Å². The third-order valence-corrected chi connectivity index (χ3v) is 6.39. The summed E-state index contributed by atoms with van der Waals surface area (Å²) < 4.78 is 24.8. The van der Waals surface area contributed by atoms with Crippen LogP contribution < -0.4 is 5.32 Å². The summed E-state index contributed by atoms with van der Waals surface area (Å²) in [7, 11) is -3.23. The standard InChI is InChI=1S/C16H26N2O3S2/c1-12(2)10-14(15-7-5-9-22-15)17-16(19)13-6-4-8-18(11-13)23(3,20)21/h5,7,9,12-14H,4,6,8,10-11H2,1-3H3,(H,17,19)/t13-,14+/m0/s1. The molecule has 0 radical (unpaired) electrons. The Kier molecular flexibility index (Phi) is 6.22. The van der Waals surface area contributed by atoms with Gasteiger partial charge in [0.1, 0.15) is 0 Å². The number of hydrogen-bond donors (Lipinski definition) is 1. The number of nitrogens with one attached hydrogen (secondary N) is 1. The van der Waals surface area contributed by atoms with Crippen molar-refractivity contribution in [2.24, 2.45) is 11.8 Å². The second-order valence-electron chi connectivity index (χ2n) is 6.67. The molecule has 1 aliphatic heterocycles. The minimum absolute atomic E-state index is 0.0103. The molecule has 1 amide bonds. The highest BCUT2D eigenvalue weighted by Crippen LogP contribution is 2.27. The molecule has 0 saturated carbocycles. The summed E-state index contributed by atoms with van der Waals surface area (Å²) in [4.78, 5) is 13.8. The Bertz CT molecular complexity index is 611. The number of nitrogens with zero attached hydrogens (tertiary/aromatic N) is 1. The number of thiophene rings is 1. The third kappa shape index (κ3) is 5.29. The number of carbonyl (C=O) groups excluding carboxylic acids is 1. The molecular formula is C16H26N2O3S2. The average Bonchev–Trinajstić information content (AvgIpc) is 2.99. The van der Waals surface area contributed by atoms with Crippen LogP contribution in [0.3, 0.4) is 0 Å². The van der Waals surface area contributed by atoms with Crippen molar-refractivity contribution in [3.63, 3.8) is 0 Å². The maximum atomic E-state index is 12.6. The van der Waals surface area contributed by atoms with E-state index in [1.165, 1.54) is 10.6 Å². The summed E-state index contributed by atoms with van der Waals surface area (Å²) in [6, 6.07) is 4.05. The van der Waals surface area contributed by atoms with Gasteiger partial charge in [-0.1, -0.05) is 19.9 Å². The summed E-state index contributed by atoms with van der Waals surface area (Å²) >= 11 is 1.65. The zero-order valence-corrected chi connectivity index (χ0v) is 15.6. The highest BCUT2D eigenvalue weighted by Gasteiger charge is 2.31. The van der Waals surface area contributed by atoms with Crippen LogP contribution in [0.1, 0.15) is 44.0 Å². The summed E-state index contributed by atoms with van der Waals surface area (Å²) in [5.41, 5.74) is 0. The van der Waals surface area contributed by atoms with E-state index in [9.17, 15) is 13.2 Å². The van der Waals surface area contributed by atoms with Crippen molar-refractivity contribution in [2.75, 3.05) is 19.3 Å². The van der Waals surface area contributed by atoms with Gasteiger partial charge in [0, 0.05) is 18.0 Å². The van der Waals surface area contributed by atoms with Crippen molar-refractivity contribution in [3.8, 4) is 0 Å². The number of amides is 1. The maximum absolute atomic E-state index is 12.6. The van der Waals surface area contributed by atoms with Crippen LogP contribution in [0.4, 0.5) is 0 Å². The first kappa shape index (κ1) is 18.4. The first-order valence-electron chi connectivity index (χ1n) is 8.06. The lowest BCUT2D eigenvalue weighted by Gasteiger charge is -2.31. The number of sulfonamides is 1. The SMILES string of the molecule is CC(C)C[C@@H](NC(=O)[C@H]1CCCN(S(C)(=O)=O)C1)c1cccs1. The smallest absolute Gasteiger partial charge is 0.224 e. The lowest BCUT2D eigenvalue weighted by molar-refractivity contribution is -0.126. The Labute approximate surface area is 143 Å². The van der Waals surface area contributed by atoms with E-state index in [4.69, 9.17) is 0 Å². The molecule has 0 aromatic carbocycles. The Balaban J connectivity index is 2.03. The fraction of sp³-hybridized carbons (Fsp3) is 0.688. The number of hydrogen-bond acceptors (Lipinski definition) is 4. The molecule has 23 heavy (non-hydrogen) atoms. The van der Waals surface area contributed by atoms with E-state index >= 15 is 0 Å². The molecule has 0 aliphatic carbocycles. The van der Waals surface area contributed by atoms with Gasteiger partial charge in [-0.3, -0.25) is 4.79 Å². The summed E-state index contributed by atoms with van der Waals surface area (Å²) in [6.07, 6.45) is 3.57. The highest BCUT2D eigenvalue weighted by atomic mass is 32.2. The van der Waals surface area contributed by atoms with Crippen LogP contribution in [0.5, 0.6) is 0 Å². The van der Waals surface area contributed by atoms with E-state index in [1.54, 1.807) is 11.3 Å². The van der Waals surface area contributed by atoms with E-state index < -0.39 is 10.0 Å². The van der Waals surface area contributed by atoms with E-state index in [2.05, 4.69) is 19.2 Å². The molecule has 0 spiro atoms. The van der Waals surface area contributed by atoms with E-state index in [1.807, 2.05) is 17.5 Å². The third-order valence-electron chi connectivity index (χ3n) is 4.13. The van der Waals surface area contributed by atoms with Crippen molar-refractivity contribution < 1.29 is 13.2 Å². The highest BCUT2D eigenvalue weighted by molar-refractivity contribution is 7.88. The van der Waals surface area contributed by atoms with Gasteiger partial charge < -0.3 is 5.32 Å². The van der Waals surface area contributed by atoms with Gasteiger partial charge in [-0.25, -0.2) is 12.7 Å². The van der Waals surface area contributed by atoms with E-state index in [0.29, 0.717) is 19.0 Å². The molecule has 1 aromatic rings. The predicted octanol–water partition coefficient (Wildman–Crippen LogP) is 2.62. The molecule has 0 bridgehead atoms. The molecule has 2 rings (SSSR count). The Morgan fingerprint density at radius 2 is 2.22 bits per heavy atom. The molecule has 7 heteroatoms. The van der Waals surface area contributed by atoms with Crippen LogP contribution >= 0.6 is 11.3 Å². The van der Waals surface area contributed by atoms with Gasteiger partial charge in [-0.05, 0) is 36.6 Å².